The van der Waals surface area contributed by atoms with Gasteiger partial charge in [-0.05, 0) is 80.7 Å². The van der Waals surface area contributed by atoms with Crippen LogP contribution in [0.3, 0.4) is 0 Å². The maximum Gasteiger partial charge on any atom is 2.00 e. The molecule has 2 fully saturated rings. The van der Waals surface area contributed by atoms with Crippen molar-refractivity contribution in [1.29, 1.82) is 0 Å². The SMILES string of the molecule is CC[N-]C[C]1[CH][CH][CH][C]1C[N-]c1ccnc2cc(Cl)ccc12.[CH]1[CH][CH][CH][CH]1.[Fe+2]. The van der Waals surface area contributed by atoms with Crippen molar-refractivity contribution < 1.29 is 17.1 Å². The molecule has 2 aliphatic rings. The molecule has 0 atom stereocenters. The number of benzene rings is 1. The number of hydrogen-bond donors (Lipinski definition) is 0. The third-order valence-corrected chi connectivity index (χ3v) is 4.41. The Kier molecular flexibility index (Phi) is 10.6. The zero-order chi connectivity index (χ0) is 18.9. The van der Waals surface area contributed by atoms with Crippen LogP contribution in [-0.4, -0.2) is 24.6 Å². The van der Waals surface area contributed by atoms with Gasteiger partial charge in [0.25, 0.3) is 0 Å². The van der Waals surface area contributed by atoms with Crippen LogP contribution >= 0.6 is 11.6 Å². The average molecular weight is 432 g/mol. The second kappa shape index (κ2) is 12.7. The summed E-state index contributed by atoms with van der Waals surface area (Å²) in [5.74, 6) is 2.49. The molecule has 0 amide bonds. The first-order valence-corrected chi connectivity index (χ1v) is 9.41. The quantitative estimate of drug-likeness (QED) is 0.511. The fourth-order valence-electron chi connectivity index (χ4n) is 2.77. The van der Waals surface area contributed by atoms with Crippen molar-refractivity contribution >= 4 is 28.2 Å². The number of nitrogens with zero attached hydrogens (tertiary/aromatic N) is 3. The molecular formula is C23H22ClFeN3. The standard InChI is InChI=1S/C18H17ClN3.C5H5.Fe/c1-2-20-11-13-4-3-5-14(13)12-22-17-8-9-21-18-10-15(19)6-7-16(17)18;1-2-4-5-3-1;/h3-10H,2,11-12H2,1H3;1-5H;/q-2;;+2. The fourth-order valence-corrected chi connectivity index (χ4v) is 2.94. The normalized spacial score (nSPS) is 17.2. The van der Waals surface area contributed by atoms with Crippen molar-refractivity contribution in [3.05, 3.63) is 109 Å². The molecule has 4 rings (SSSR count). The van der Waals surface area contributed by atoms with Crippen LogP contribution in [0.4, 0.5) is 5.69 Å². The molecular weight excluding hydrogens is 410 g/mol. The number of rotatable bonds is 6. The molecule has 28 heavy (non-hydrogen) atoms. The second-order valence-electron chi connectivity index (χ2n) is 6.04. The Morgan fingerprint density at radius 2 is 1.57 bits per heavy atom. The second-order valence-corrected chi connectivity index (χ2v) is 6.48. The Bertz CT molecular complexity index is 698. The summed E-state index contributed by atoms with van der Waals surface area (Å²) in [6.45, 7) is 4.32. The van der Waals surface area contributed by atoms with Gasteiger partial charge in [0.05, 0.1) is 5.52 Å². The Labute approximate surface area is 185 Å². The number of fused-ring (bicyclic) bond motifs is 1. The molecule has 1 heterocycles. The van der Waals surface area contributed by atoms with Crippen LogP contribution in [0.15, 0.2) is 30.5 Å². The predicted molar refractivity (Wildman–Crippen MR) is 114 cm³/mol. The number of pyridine rings is 1. The maximum absolute atomic E-state index is 6.02. The third kappa shape index (κ3) is 6.91. The molecule has 0 aliphatic heterocycles. The largest absolute Gasteiger partial charge is 2.00 e. The molecule has 0 saturated heterocycles. The maximum atomic E-state index is 6.02. The zero-order valence-electron chi connectivity index (χ0n) is 15.7. The molecule has 1 aromatic carbocycles. The van der Waals surface area contributed by atoms with Gasteiger partial charge in [-0.2, -0.15) is 6.54 Å². The summed E-state index contributed by atoms with van der Waals surface area (Å²) in [7, 11) is 0. The Morgan fingerprint density at radius 1 is 0.893 bits per heavy atom. The predicted octanol–water partition coefficient (Wildman–Crippen LogP) is 6.08. The van der Waals surface area contributed by atoms with E-state index in [1.807, 2.05) is 56.4 Å². The van der Waals surface area contributed by atoms with Crippen LogP contribution in [0.1, 0.15) is 6.92 Å². The molecule has 0 unspecified atom stereocenters. The van der Waals surface area contributed by atoms with E-state index in [2.05, 4.69) is 36.5 Å². The van der Waals surface area contributed by atoms with E-state index >= 15 is 0 Å². The van der Waals surface area contributed by atoms with Gasteiger partial charge in [-0.25, -0.2) is 0 Å². The van der Waals surface area contributed by atoms with Crippen LogP contribution in [0.5, 0.6) is 0 Å². The number of halogens is 1. The summed E-state index contributed by atoms with van der Waals surface area (Å²) in [6, 6.07) is 7.65. The average Bonchev–Trinajstić information content (AvgIpc) is 3.39. The van der Waals surface area contributed by atoms with Gasteiger partial charge in [-0.15, -0.1) is 18.8 Å². The molecule has 0 N–H and O–H groups in total. The van der Waals surface area contributed by atoms with E-state index in [-0.39, 0.29) is 17.1 Å². The van der Waals surface area contributed by atoms with Crippen molar-refractivity contribution in [1.82, 2.24) is 4.98 Å². The summed E-state index contributed by atoms with van der Waals surface area (Å²) < 4.78 is 0. The van der Waals surface area contributed by atoms with E-state index in [0.717, 1.165) is 29.7 Å². The van der Waals surface area contributed by atoms with E-state index in [1.54, 1.807) is 6.20 Å². The first-order chi connectivity index (χ1) is 13.3. The topological polar surface area (TPSA) is 41.1 Å². The van der Waals surface area contributed by atoms with Crippen LogP contribution in [-0.2, 0) is 17.1 Å². The molecule has 3 nitrogen and oxygen atoms in total. The molecule has 0 bridgehead atoms. The molecule has 1 aromatic heterocycles. The van der Waals surface area contributed by atoms with E-state index in [0.29, 0.717) is 11.6 Å². The summed E-state index contributed by atoms with van der Waals surface area (Å²) in [4.78, 5) is 4.35. The van der Waals surface area contributed by atoms with Gasteiger partial charge < -0.3 is 10.6 Å². The van der Waals surface area contributed by atoms with Gasteiger partial charge in [-0.3, -0.25) is 4.98 Å². The van der Waals surface area contributed by atoms with Gasteiger partial charge in [0.15, 0.2) is 0 Å². The smallest absolute Gasteiger partial charge is 0.683 e. The summed E-state index contributed by atoms with van der Waals surface area (Å²) >= 11 is 6.02. The zero-order valence-corrected chi connectivity index (χ0v) is 17.6. The molecule has 0 spiro atoms. The van der Waals surface area contributed by atoms with Gasteiger partial charge in [0.2, 0.25) is 0 Å². The van der Waals surface area contributed by atoms with E-state index < -0.39 is 0 Å². The van der Waals surface area contributed by atoms with Crippen LogP contribution in [0.2, 0.25) is 5.02 Å². The first kappa shape index (κ1) is 23.5. The van der Waals surface area contributed by atoms with Gasteiger partial charge in [0, 0.05) is 11.2 Å². The Hall–Kier alpha value is -0.801. The van der Waals surface area contributed by atoms with Crippen molar-refractivity contribution in [2.24, 2.45) is 0 Å². The minimum Gasteiger partial charge on any atom is -0.683 e. The molecule has 2 aromatic rings. The van der Waals surface area contributed by atoms with E-state index in [9.17, 15) is 0 Å². The van der Waals surface area contributed by atoms with Gasteiger partial charge in [0.1, 0.15) is 0 Å². The van der Waals surface area contributed by atoms with Crippen LogP contribution < -0.4 is 0 Å². The molecule has 2 aliphatic carbocycles. The van der Waals surface area contributed by atoms with Gasteiger partial charge in [-0.1, -0.05) is 30.7 Å². The molecule has 144 valence electrons. The fraction of sp³-hybridized carbons (Fsp3) is 0.174. The first-order valence-electron chi connectivity index (χ1n) is 9.03. The number of hydrogen-bond acceptors (Lipinski definition) is 1. The van der Waals surface area contributed by atoms with Crippen molar-refractivity contribution in [2.75, 3.05) is 19.6 Å². The molecule has 10 radical (unpaired) electrons. The minimum atomic E-state index is 0. The van der Waals surface area contributed by atoms with E-state index in [4.69, 9.17) is 16.9 Å². The summed E-state index contributed by atoms with van der Waals surface area (Å²) in [5.41, 5.74) is 1.82. The Morgan fingerprint density at radius 3 is 2.25 bits per heavy atom. The summed E-state index contributed by atoms with van der Waals surface area (Å²) in [5, 5.41) is 10.9. The van der Waals surface area contributed by atoms with Crippen molar-refractivity contribution in [3.63, 3.8) is 0 Å². The van der Waals surface area contributed by atoms with Crippen molar-refractivity contribution in [3.8, 4) is 0 Å². The number of aromatic nitrogens is 1. The monoisotopic (exact) mass is 431 g/mol. The van der Waals surface area contributed by atoms with Crippen molar-refractivity contribution in [2.45, 2.75) is 6.92 Å². The van der Waals surface area contributed by atoms with Crippen LogP contribution in [0, 0.1) is 63.2 Å². The molecule has 5 heteroatoms. The minimum absolute atomic E-state index is 0. The summed E-state index contributed by atoms with van der Waals surface area (Å²) in [6.07, 6.45) is 18.1. The van der Waals surface area contributed by atoms with Crippen LogP contribution in [0.25, 0.3) is 21.5 Å². The van der Waals surface area contributed by atoms with E-state index in [1.165, 1.54) is 11.8 Å². The third-order valence-electron chi connectivity index (χ3n) is 4.17. The Balaban J connectivity index is 0.000000408. The van der Waals surface area contributed by atoms with Gasteiger partial charge >= 0.3 is 17.1 Å². The molecule has 2 saturated carbocycles.